The van der Waals surface area contributed by atoms with Crippen LogP contribution >= 0.6 is 0 Å². The van der Waals surface area contributed by atoms with Crippen LogP contribution in [0.25, 0.3) is 54.9 Å². The average molecular weight is 738 g/mol. The van der Waals surface area contributed by atoms with Gasteiger partial charge in [0.05, 0.1) is 5.41 Å². The number of benzene rings is 10. The highest BCUT2D eigenvalue weighted by Gasteiger charge is 2.46. The molecule has 0 aliphatic heterocycles. The highest BCUT2D eigenvalue weighted by Crippen LogP contribution is 2.57. The van der Waals surface area contributed by atoms with Gasteiger partial charge >= 0.3 is 0 Å². The molecule has 0 atom stereocenters. The lowest BCUT2D eigenvalue weighted by molar-refractivity contribution is 0.768. The molecule has 1 aliphatic rings. The summed E-state index contributed by atoms with van der Waals surface area (Å²) in [5, 5.41) is 5.05. The lowest BCUT2D eigenvalue weighted by Crippen LogP contribution is -2.28. The summed E-state index contributed by atoms with van der Waals surface area (Å²) in [7, 11) is 0. The highest BCUT2D eigenvalue weighted by molar-refractivity contribution is 6.08. The maximum absolute atomic E-state index is 2.45. The van der Waals surface area contributed by atoms with E-state index in [2.05, 4.69) is 241 Å². The van der Waals surface area contributed by atoms with Crippen LogP contribution in [0.4, 0.5) is 17.1 Å². The van der Waals surface area contributed by atoms with Crippen molar-refractivity contribution in [2.45, 2.75) is 5.41 Å². The number of anilines is 3. The molecule has 272 valence electrons. The van der Waals surface area contributed by atoms with Crippen LogP contribution in [-0.4, -0.2) is 0 Å². The quantitative estimate of drug-likeness (QED) is 0.147. The van der Waals surface area contributed by atoms with Gasteiger partial charge in [-0.05, 0) is 120 Å². The molecule has 0 radical (unpaired) electrons. The molecule has 0 amide bonds. The third kappa shape index (κ3) is 5.47. The molecule has 11 rings (SSSR count). The van der Waals surface area contributed by atoms with E-state index in [4.69, 9.17) is 0 Å². The van der Waals surface area contributed by atoms with Gasteiger partial charge in [-0.15, -0.1) is 0 Å². The van der Waals surface area contributed by atoms with Crippen molar-refractivity contribution in [2.75, 3.05) is 4.90 Å². The Balaban J connectivity index is 1.12. The Morgan fingerprint density at radius 1 is 0.276 bits per heavy atom. The Bertz CT molecular complexity index is 3050. The minimum atomic E-state index is -0.497. The first-order chi connectivity index (χ1) is 28.8. The van der Waals surface area contributed by atoms with Crippen molar-refractivity contribution < 1.29 is 0 Å². The fraction of sp³-hybridized carbons (Fsp3) is 0.0175. The summed E-state index contributed by atoms with van der Waals surface area (Å²) in [5.41, 5.74) is 15.2. The fourth-order valence-corrected chi connectivity index (χ4v) is 9.46. The van der Waals surface area contributed by atoms with E-state index in [1.54, 1.807) is 0 Å². The predicted octanol–water partition coefficient (Wildman–Crippen LogP) is 15.2. The molecule has 0 N–H and O–H groups in total. The average Bonchev–Trinajstić information content (AvgIpc) is 3.60. The van der Waals surface area contributed by atoms with E-state index < -0.39 is 5.41 Å². The van der Waals surface area contributed by atoms with Gasteiger partial charge in [-0.1, -0.05) is 194 Å². The minimum absolute atomic E-state index is 0.497. The Hall–Kier alpha value is -7.48. The largest absolute Gasteiger partial charge is 0.310 e. The standard InChI is InChI=1S/C57H39N/c1-4-15-40(16-5-1)41-31-33-48(34-32-41)58(49-23-14-18-44(37-49)45-30-29-43-28-27-42-17-10-11-24-51(42)54(43)38-45)50-35-36-53-52-25-12-13-26-55(52)57(56(53)39-50,46-19-6-2-7-20-46)47-21-8-3-9-22-47/h1-39H. The summed E-state index contributed by atoms with van der Waals surface area (Å²) in [4.78, 5) is 2.43. The molecule has 0 heterocycles. The first kappa shape index (κ1) is 33.8. The van der Waals surface area contributed by atoms with E-state index in [0.29, 0.717) is 0 Å². The summed E-state index contributed by atoms with van der Waals surface area (Å²) >= 11 is 0. The molecule has 0 saturated heterocycles. The molecular formula is C57H39N. The van der Waals surface area contributed by atoms with Crippen molar-refractivity contribution in [3.63, 3.8) is 0 Å². The third-order valence-corrected chi connectivity index (χ3v) is 12.1. The first-order valence-corrected chi connectivity index (χ1v) is 20.1. The molecular weight excluding hydrogens is 699 g/mol. The number of rotatable bonds is 7. The minimum Gasteiger partial charge on any atom is -0.310 e. The Morgan fingerprint density at radius 3 is 1.55 bits per heavy atom. The number of hydrogen-bond acceptors (Lipinski definition) is 1. The number of fused-ring (bicyclic) bond motifs is 6. The molecule has 1 heteroatoms. The summed E-state index contributed by atoms with van der Waals surface area (Å²) < 4.78 is 0. The molecule has 1 aliphatic carbocycles. The van der Waals surface area contributed by atoms with Crippen LogP contribution in [-0.2, 0) is 5.41 Å². The second-order valence-corrected chi connectivity index (χ2v) is 15.3. The fourth-order valence-electron chi connectivity index (χ4n) is 9.46. The van der Waals surface area contributed by atoms with Crippen molar-refractivity contribution in [2.24, 2.45) is 0 Å². The normalized spacial score (nSPS) is 12.6. The topological polar surface area (TPSA) is 3.24 Å². The van der Waals surface area contributed by atoms with Crippen molar-refractivity contribution >= 4 is 38.6 Å². The molecule has 58 heavy (non-hydrogen) atoms. The van der Waals surface area contributed by atoms with E-state index in [0.717, 1.165) is 17.1 Å². The van der Waals surface area contributed by atoms with Crippen LogP contribution < -0.4 is 4.90 Å². The molecule has 0 fully saturated rings. The zero-order chi connectivity index (χ0) is 38.5. The van der Waals surface area contributed by atoms with Gasteiger partial charge in [-0.25, -0.2) is 0 Å². The van der Waals surface area contributed by atoms with Crippen LogP contribution in [0.5, 0.6) is 0 Å². The molecule has 1 nitrogen and oxygen atoms in total. The van der Waals surface area contributed by atoms with Crippen molar-refractivity contribution in [3.8, 4) is 33.4 Å². The van der Waals surface area contributed by atoms with Crippen LogP contribution in [0.2, 0.25) is 0 Å². The van der Waals surface area contributed by atoms with E-state index in [9.17, 15) is 0 Å². The molecule has 0 bridgehead atoms. The summed E-state index contributed by atoms with van der Waals surface area (Å²) in [6, 6.07) is 86.9. The van der Waals surface area contributed by atoms with Gasteiger partial charge in [-0.2, -0.15) is 0 Å². The van der Waals surface area contributed by atoms with Crippen molar-refractivity contribution in [1.82, 2.24) is 0 Å². The third-order valence-electron chi connectivity index (χ3n) is 12.1. The molecule has 0 saturated carbocycles. The van der Waals surface area contributed by atoms with Gasteiger partial charge in [0.2, 0.25) is 0 Å². The Morgan fingerprint density at radius 2 is 0.793 bits per heavy atom. The van der Waals surface area contributed by atoms with Crippen LogP contribution in [0.1, 0.15) is 22.3 Å². The molecule has 10 aromatic rings. The maximum Gasteiger partial charge on any atom is 0.0714 e. The smallest absolute Gasteiger partial charge is 0.0714 e. The van der Waals surface area contributed by atoms with Gasteiger partial charge in [0.1, 0.15) is 0 Å². The second-order valence-electron chi connectivity index (χ2n) is 15.3. The van der Waals surface area contributed by atoms with Crippen LogP contribution in [0.3, 0.4) is 0 Å². The van der Waals surface area contributed by atoms with Crippen LogP contribution in [0.15, 0.2) is 237 Å². The van der Waals surface area contributed by atoms with Crippen molar-refractivity contribution in [1.29, 1.82) is 0 Å². The maximum atomic E-state index is 2.45. The highest BCUT2D eigenvalue weighted by atomic mass is 15.1. The molecule has 0 aromatic heterocycles. The predicted molar refractivity (Wildman–Crippen MR) is 244 cm³/mol. The van der Waals surface area contributed by atoms with Gasteiger partial charge < -0.3 is 4.90 Å². The summed E-state index contributed by atoms with van der Waals surface area (Å²) in [6.07, 6.45) is 0. The number of nitrogens with zero attached hydrogens (tertiary/aromatic N) is 1. The van der Waals surface area contributed by atoms with Gasteiger partial charge in [-0.3, -0.25) is 0 Å². The Labute approximate surface area is 339 Å². The first-order valence-electron chi connectivity index (χ1n) is 20.1. The lowest BCUT2D eigenvalue weighted by atomic mass is 9.67. The Kier molecular flexibility index (Phi) is 8.12. The number of hydrogen-bond donors (Lipinski definition) is 0. The summed E-state index contributed by atoms with van der Waals surface area (Å²) in [5.74, 6) is 0. The van der Waals surface area contributed by atoms with Gasteiger partial charge in [0.25, 0.3) is 0 Å². The molecule has 0 spiro atoms. The zero-order valence-corrected chi connectivity index (χ0v) is 32.0. The lowest BCUT2D eigenvalue weighted by Gasteiger charge is -2.35. The van der Waals surface area contributed by atoms with E-state index in [1.165, 1.54) is 77.2 Å². The van der Waals surface area contributed by atoms with Gasteiger partial charge in [0, 0.05) is 17.1 Å². The van der Waals surface area contributed by atoms with Crippen molar-refractivity contribution in [3.05, 3.63) is 259 Å². The summed E-state index contributed by atoms with van der Waals surface area (Å²) in [6.45, 7) is 0. The van der Waals surface area contributed by atoms with E-state index in [-0.39, 0.29) is 0 Å². The van der Waals surface area contributed by atoms with E-state index >= 15 is 0 Å². The molecule has 0 unspecified atom stereocenters. The van der Waals surface area contributed by atoms with Crippen LogP contribution in [0, 0.1) is 0 Å². The second kappa shape index (κ2) is 13.9. The SMILES string of the molecule is c1ccc(-c2ccc(N(c3cccc(-c4ccc5ccc6ccccc6c5c4)c3)c3ccc4c(c3)C(c3ccccc3)(c3ccccc3)c3ccccc3-4)cc2)cc1. The van der Waals surface area contributed by atoms with E-state index in [1.807, 2.05) is 0 Å². The molecule has 10 aromatic carbocycles. The zero-order valence-electron chi connectivity index (χ0n) is 32.0. The van der Waals surface area contributed by atoms with Gasteiger partial charge in [0.15, 0.2) is 0 Å². The monoisotopic (exact) mass is 737 g/mol.